The second-order valence-corrected chi connectivity index (χ2v) is 33.8. The predicted octanol–water partition coefficient (Wildman–Crippen LogP) is 6.03. The van der Waals surface area contributed by atoms with Crippen LogP contribution < -0.4 is 52.3 Å². The highest BCUT2D eigenvalue weighted by Crippen LogP contribution is 2.51. The van der Waals surface area contributed by atoms with E-state index in [1.54, 1.807) is 121 Å². The van der Waals surface area contributed by atoms with Crippen LogP contribution in [0.15, 0.2) is 161 Å². The number of nitrogens with zero attached hydrogens (tertiary/aromatic N) is 2. The van der Waals surface area contributed by atoms with Crippen molar-refractivity contribution in [2.24, 2.45) is 0 Å². The third kappa shape index (κ3) is 29.2. The number of hydrogen-bond donors (Lipinski definition) is 14. The van der Waals surface area contributed by atoms with Crippen LogP contribution in [0.2, 0.25) is 0 Å². The molecule has 6 aromatic rings. The van der Waals surface area contributed by atoms with E-state index in [9.17, 15) is 92.3 Å². The lowest BCUT2D eigenvalue weighted by Crippen LogP contribution is -2.56. The molecule has 7 rings (SSSR count). The molecule has 0 saturated heterocycles. The first-order valence-corrected chi connectivity index (χ1v) is 42.2. The van der Waals surface area contributed by atoms with Crippen molar-refractivity contribution in [2.75, 3.05) is 60.6 Å². The van der Waals surface area contributed by atoms with Gasteiger partial charge in [-0.2, -0.15) is 25.3 Å². The maximum absolute atomic E-state index is 14.7. The molecule has 620 valence electrons. The SMILES string of the molecule is CCN(CCCS(=O)(=O)O)c1ccc2c(C(C)(C)C)cc(/C=C/C=C3\N(CCCS(=O)(=O)O)c4ccc(S(=O)(=O)O)cc4C3(C)CCCC(=O)N[C@@H](Cc3ccccc3)C(=O)N[C@@H](Cc3ccccc3)C(=O)NCC(=O)NCCNC(=O)[C@H](Cc3ccccc3)NC(=O)CC[C@H](NC(=S)N[C@@H](CCC(=O)O)C(=O)O)C(=O)O)[o+]c2c1. The first-order chi connectivity index (χ1) is 54.2. The summed E-state index contributed by atoms with van der Waals surface area (Å²) in [5, 5.41) is 49.6. The summed E-state index contributed by atoms with van der Waals surface area (Å²) >= 11 is 5.09. The van der Waals surface area contributed by atoms with E-state index < -0.39 is 166 Å². The van der Waals surface area contributed by atoms with Crippen molar-refractivity contribution in [3.8, 4) is 0 Å². The van der Waals surface area contributed by atoms with Gasteiger partial charge in [0.05, 0.1) is 34.4 Å². The number of carboxylic acids is 3. The summed E-state index contributed by atoms with van der Waals surface area (Å²) in [6.45, 7) is 9.66. The molecule has 2 heterocycles. The molecule has 0 spiro atoms. The molecule has 14 N–H and O–H groups in total. The molecule has 115 heavy (non-hydrogen) atoms. The number of hydrogen-bond acceptors (Lipinski definition) is 18. The molecule has 6 atom stereocenters. The Labute approximate surface area is 673 Å². The maximum Gasteiger partial charge on any atom is 0.363 e. The molecule has 36 heteroatoms. The maximum atomic E-state index is 14.7. The van der Waals surface area contributed by atoms with E-state index in [1.807, 2.05) is 56.9 Å². The zero-order valence-corrected chi connectivity index (χ0v) is 67.5. The molecule has 6 amide bonds. The van der Waals surface area contributed by atoms with E-state index in [2.05, 4.69) is 42.5 Å². The van der Waals surface area contributed by atoms with Crippen LogP contribution in [0, 0.1) is 0 Å². The largest absolute Gasteiger partial charge is 0.481 e. The van der Waals surface area contributed by atoms with E-state index in [-0.39, 0.29) is 83.8 Å². The monoisotopic (exact) mass is 1670 g/mol. The summed E-state index contributed by atoms with van der Waals surface area (Å²) in [5.41, 5.74) is 3.73. The van der Waals surface area contributed by atoms with E-state index in [4.69, 9.17) is 21.7 Å². The Balaban J connectivity index is 1.05. The molecule has 0 radical (unpaired) electrons. The number of carboxylic acid groups (broad SMARTS) is 3. The van der Waals surface area contributed by atoms with Gasteiger partial charge in [-0.3, -0.25) is 47.2 Å². The Morgan fingerprint density at radius 3 is 1.63 bits per heavy atom. The summed E-state index contributed by atoms with van der Waals surface area (Å²) in [4.78, 5) is 122. The van der Waals surface area contributed by atoms with Crippen LogP contribution in [0.4, 0.5) is 11.4 Å². The second-order valence-electron chi connectivity index (χ2n) is 28.9. The van der Waals surface area contributed by atoms with Gasteiger partial charge in [0, 0.05) is 106 Å². The van der Waals surface area contributed by atoms with Gasteiger partial charge in [0.2, 0.25) is 35.4 Å². The van der Waals surface area contributed by atoms with Crippen molar-refractivity contribution in [2.45, 2.75) is 158 Å². The molecule has 0 fully saturated rings. The van der Waals surface area contributed by atoms with Crippen LogP contribution in [-0.4, -0.2) is 194 Å². The Kier molecular flexibility index (Phi) is 33.4. The Bertz CT molecular complexity index is 4900. The molecule has 1 aliphatic heterocycles. The van der Waals surface area contributed by atoms with Crippen molar-refractivity contribution in [1.82, 2.24) is 42.5 Å². The van der Waals surface area contributed by atoms with E-state index in [1.165, 1.54) is 18.2 Å². The molecular weight excluding hydrogens is 1570 g/mol. The molecule has 1 unspecified atom stereocenters. The standard InChI is InChI=1S/C79H98N10O22S4/c1-6-88(40-18-42-113(102,103)104)54-29-31-57-58(78(2,3)4)48-55(111-66(57)47-54)26-16-27-67-79(5,59-49-56(115(108,109)110)30-34-65(59)89(67)41-19-43-114(105,106)107)37-17-28-68(90)84-64(46-53-24-14-9-15-25-53)74(97)85-63(45-52-22-12-8-13-23-52)73(96)82-50-70(92)80-38-39-81-72(95)62(44-51-20-10-7-11-21-51)83-69(91)35-32-60(75(98)99)86-77(112)87-61(76(100)101)33-36-71(93)94/h7-16,20-27,29-31,34,47-49,60-64H,6,17-19,28,32-33,35-46,50H2,1-5H3,(H13-,80,81,82,83,84,85,86,87,90,91,92,93,94,95,96,97,98,99,100,101,102,103,104,105,106,107,108,109,110,112)/p+1/b26-16+,67-27-/t60-,61-,62-,63-,64-,79?/m0/s1. The number of benzene rings is 5. The fourth-order valence-electron chi connectivity index (χ4n) is 13.2. The number of amides is 6. The highest BCUT2D eigenvalue weighted by Gasteiger charge is 2.44. The Morgan fingerprint density at radius 2 is 1.10 bits per heavy atom. The molecule has 0 aliphatic carbocycles. The van der Waals surface area contributed by atoms with Crippen molar-refractivity contribution in [1.29, 1.82) is 0 Å². The van der Waals surface area contributed by atoms with Gasteiger partial charge in [-0.15, -0.1) is 0 Å². The molecular formula is C79H99N10O22S4+. The highest BCUT2D eigenvalue weighted by atomic mass is 32.2. The first-order valence-electron chi connectivity index (χ1n) is 37.1. The Morgan fingerprint density at radius 1 is 0.583 bits per heavy atom. The van der Waals surface area contributed by atoms with Gasteiger partial charge in [-0.1, -0.05) is 118 Å². The minimum Gasteiger partial charge on any atom is -0.481 e. The van der Waals surface area contributed by atoms with Crippen LogP contribution >= 0.6 is 12.2 Å². The van der Waals surface area contributed by atoms with E-state index in [0.29, 0.717) is 58.1 Å². The number of nitrogens with one attached hydrogen (secondary N) is 8. The number of allylic oxidation sites excluding steroid dienone is 3. The average Bonchev–Trinajstić information content (AvgIpc) is 1.58. The lowest BCUT2D eigenvalue weighted by atomic mass is 9.77. The van der Waals surface area contributed by atoms with Gasteiger partial charge in [0.15, 0.2) is 5.11 Å². The Hall–Kier alpha value is -10.8. The second kappa shape index (κ2) is 42.0. The predicted molar refractivity (Wildman–Crippen MR) is 434 cm³/mol. The van der Waals surface area contributed by atoms with Gasteiger partial charge in [0.1, 0.15) is 30.2 Å². The zero-order valence-electron chi connectivity index (χ0n) is 64.2. The number of thiocarbonyl (C=S) groups is 1. The van der Waals surface area contributed by atoms with Gasteiger partial charge in [-0.05, 0) is 134 Å². The minimum absolute atomic E-state index is 0.0149. The van der Waals surface area contributed by atoms with Gasteiger partial charge in [0.25, 0.3) is 30.4 Å². The number of carbonyl (C=O) groups is 9. The molecule has 1 aromatic heterocycles. The normalized spacial score (nSPS) is 15.3. The molecule has 0 saturated carbocycles. The number of fused-ring (bicyclic) bond motifs is 2. The average molecular weight is 1670 g/mol. The molecule has 1 aliphatic rings. The van der Waals surface area contributed by atoms with Crippen molar-refractivity contribution in [3.63, 3.8) is 0 Å². The van der Waals surface area contributed by atoms with Crippen molar-refractivity contribution in [3.05, 3.63) is 185 Å². The van der Waals surface area contributed by atoms with Gasteiger partial charge >= 0.3 is 29.3 Å². The molecule has 32 nitrogen and oxygen atoms in total. The van der Waals surface area contributed by atoms with Crippen LogP contribution in [-0.2, 0) is 104 Å². The molecule has 0 bridgehead atoms. The lowest BCUT2D eigenvalue weighted by Gasteiger charge is -2.30. The summed E-state index contributed by atoms with van der Waals surface area (Å²) in [6.07, 6.45) is 3.25. The fraction of sp³-hybridized carbons (Fsp3) is 0.405. The zero-order chi connectivity index (χ0) is 84.4. The lowest BCUT2D eigenvalue weighted by molar-refractivity contribution is -0.141. The quantitative estimate of drug-likeness (QED) is 0.00898. The minimum atomic E-state index is -4.81. The highest BCUT2D eigenvalue weighted by molar-refractivity contribution is 7.86. The van der Waals surface area contributed by atoms with Crippen LogP contribution in [0.1, 0.15) is 126 Å². The van der Waals surface area contributed by atoms with Crippen LogP contribution in [0.3, 0.4) is 0 Å². The van der Waals surface area contributed by atoms with Gasteiger partial charge in [-0.25, -0.2) is 14.0 Å². The van der Waals surface area contributed by atoms with E-state index in [0.717, 1.165) is 16.6 Å². The van der Waals surface area contributed by atoms with Gasteiger partial charge < -0.3 is 67.7 Å². The van der Waals surface area contributed by atoms with Crippen molar-refractivity contribution >= 4 is 129 Å². The number of rotatable bonds is 44. The van der Waals surface area contributed by atoms with E-state index >= 15 is 0 Å². The van der Waals surface area contributed by atoms with Crippen LogP contribution in [0.25, 0.3) is 17.0 Å². The fourth-order valence-corrected chi connectivity index (χ4v) is 15.0. The third-order valence-electron chi connectivity index (χ3n) is 19.0. The summed E-state index contributed by atoms with van der Waals surface area (Å²) in [7, 11) is -13.5. The summed E-state index contributed by atoms with van der Waals surface area (Å²) in [5.74, 6) is -9.10. The molecule has 5 aromatic carbocycles. The smallest absolute Gasteiger partial charge is 0.363 e. The number of aliphatic carboxylic acids is 3. The number of anilines is 2. The summed E-state index contributed by atoms with van der Waals surface area (Å²) < 4.78 is 109. The first kappa shape index (κ1) is 91.4. The summed E-state index contributed by atoms with van der Waals surface area (Å²) in [6, 6.07) is 30.7. The topological polar surface area (TPSA) is 491 Å². The van der Waals surface area contributed by atoms with Crippen LogP contribution in [0.5, 0.6) is 0 Å². The third-order valence-corrected chi connectivity index (χ3v) is 21.7. The number of carbonyl (C=O) groups excluding carboxylic acids is 6. The van der Waals surface area contributed by atoms with Crippen molar-refractivity contribution < 1.29 is 102 Å².